The molecule has 1 saturated heterocycles. The molecule has 4 nitrogen and oxygen atoms in total. The number of urea groups is 1. The molecule has 0 aromatic heterocycles. The number of nitrogens with two attached hydrogens (primary N) is 1. The number of nitrogens with zero attached hydrogens (tertiary/aromatic N) is 1. The average molecular weight is 158 g/mol. The van der Waals surface area contributed by atoms with E-state index in [1.165, 1.54) is 0 Å². The van der Waals surface area contributed by atoms with E-state index in [-0.39, 0.29) is 12.6 Å². The van der Waals surface area contributed by atoms with Crippen molar-refractivity contribution in [3.05, 3.63) is 0 Å². The number of primary amides is 1. The number of rotatable bonds is 1. The number of hydrogen-bond donors (Lipinski definition) is 2. The highest BCUT2D eigenvalue weighted by atomic mass is 16.3. The third-order valence-electron chi connectivity index (χ3n) is 2.18. The van der Waals surface area contributed by atoms with E-state index in [1.54, 1.807) is 4.90 Å². The molecule has 1 fully saturated rings. The molecule has 1 rings (SSSR count). The van der Waals surface area contributed by atoms with Gasteiger partial charge in [-0.15, -0.1) is 0 Å². The predicted molar refractivity (Wildman–Crippen MR) is 41.0 cm³/mol. The van der Waals surface area contributed by atoms with Crippen LogP contribution in [0.2, 0.25) is 0 Å². The number of carbonyl (C=O) groups excluding carboxylic acids is 1. The Bertz CT molecular complexity index is 141. The number of piperidine rings is 1. The molecule has 0 atom stereocenters. The Morgan fingerprint density at radius 2 is 2.09 bits per heavy atom. The van der Waals surface area contributed by atoms with Crippen molar-refractivity contribution in [1.82, 2.24) is 4.90 Å². The normalized spacial score (nSPS) is 20.3. The average Bonchev–Trinajstić information content (AvgIpc) is 2.05. The van der Waals surface area contributed by atoms with E-state index >= 15 is 0 Å². The molecule has 11 heavy (non-hydrogen) atoms. The summed E-state index contributed by atoms with van der Waals surface area (Å²) >= 11 is 0. The first-order valence-corrected chi connectivity index (χ1v) is 3.89. The Morgan fingerprint density at radius 1 is 1.55 bits per heavy atom. The van der Waals surface area contributed by atoms with Gasteiger partial charge in [-0.2, -0.15) is 0 Å². The molecule has 0 radical (unpaired) electrons. The molecule has 0 spiro atoms. The van der Waals surface area contributed by atoms with E-state index in [0.717, 1.165) is 12.8 Å². The van der Waals surface area contributed by atoms with Crippen molar-refractivity contribution in [2.75, 3.05) is 19.7 Å². The van der Waals surface area contributed by atoms with Gasteiger partial charge in [0.05, 0.1) is 0 Å². The Morgan fingerprint density at radius 3 is 2.45 bits per heavy atom. The second-order valence-corrected chi connectivity index (χ2v) is 2.95. The van der Waals surface area contributed by atoms with Gasteiger partial charge < -0.3 is 15.7 Å². The third-order valence-corrected chi connectivity index (χ3v) is 2.18. The summed E-state index contributed by atoms with van der Waals surface area (Å²) in [6.45, 7) is 1.62. The lowest BCUT2D eigenvalue weighted by Crippen LogP contribution is -2.42. The molecule has 1 aliphatic heterocycles. The van der Waals surface area contributed by atoms with Gasteiger partial charge in [0.25, 0.3) is 0 Å². The summed E-state index contributed by atoms with van der Waals surface area (Å²) in [5.41, 5.74) is 5.08. The van der Waals surface area contributed by atoms with Crippen LogP contribution in [0.3, 0.4) is 0 Å². The summed E-state index contributed by atoms with van der Waals surface area (Å²) in [6, 6.07) is -0.346. The smallest absolute Gasteiger partial charge is 0.314 e. The summed E-state index contributed by atoms with van der Waals surface area (Å²) in [5, 5.41) is 8.78. The lowest BCUT2D eigenvalue weighted by atomic mass is 9.98. The Hall–Kier alpha value is -0.770. The van der Waals surface area contributed by atoms with E-state index in [1.807, 2.05) is 0 Å². The fourth-order valence-corrected chi connectivity index (χ4v) is 1.34. The molecule has 1 aliphatic rings. The minimum absolute atomic E-state index is 0.229. The molecule has 0 aromatic rings. The zero-order valence-electron chi connectivity index (χ0n) is 6.49. The molecule has 0 aromatic carbocycles. The zero-order valence-corrected chi connectivity index (χ0v) is 6.49. The van der Waals surface area contributed by atoms with Crippen molar-refractivity contribution in [2.45, 2.75) is 12.8 Å². The van der Waals surface area contributed by atoms with E-state index in [0.29, 0.717) is 19.0 Å². The highest BCUT2D eigenvalue weighted by Gasteiger charge is 2.19. The molecule has 1 heterocycles. The van der Waals surface area contributed by atoms with Crippen molar-refractivity contribution in [3.8, 4) is 0 Å². The summed E-state index contributed by atoms with van der Waals surface area (Å²) in [5.74, 6) is 0.366. The van der Waals surface area contributed by atoms with E-state index in [9.17, 15) is 4.79 Å². The third kappa shape index (κ3) is 2.08. The maximum atomic E-state index is 10.6. The molecule has 2 amide bonds. The number of carbonyl (C=O) groups is 1. The molecule has 0 aliphatic carbocycles. The van der Waals surface area contributed by atoms with Crippen LogP contribution in [-0.2, 0) is 0 Å². The highest BCUT2D eigenvalue weighted by molar-refractivity contribution is 5.72. The minimum Gasteiger partial charge on any atom is -0.396 e. The monoisotopic (exact) mass is 158 g/mol. The molecule has 64 valence electrons. The standard InChI is InChI=1S/C7H14N2O2/c8-7(11)9-3-1-6(5-10)2-4-9/h6,10H,1-5H2,(H2,8,11). The molecule has 3 N–H and O–H groups in total. The zero-order chi connectivity index (χ0) is 8.27. The van der Waals surface area contributed by atoms with Gasteiger partial charge in [-0.1, -0.05) is 0 Å². The van der Waals surface area contributed by atoms with Gasteiger partial charge >= 0.3 is 6.03 Å². The van der Waals surface area contributed by atoms with Crippen LogP contribution < -0.4 is 5.73 Å². The Balaban J connectivity index is 2.30. The predicted octanol–water partition coefficient (Wildman–Crippen LogP) is -0.231. The summed E-state index contributed by atoms with van der Waals surface area (Å²) in [4.78, 5) is 12.3. The minimum atomic E-state index is -0.346. The van der Waals surface area contributed by atoms with Gasteiger partial charge in [0.1, 0.15) is 0 Å². The topological polar surface area (TPSA) is 66.6 Å². The van der Waals surface area contributed by atoms with Crippen molar-refractivity contribution >= 4 is 6.03 Å². The highest BCUT2D eigenvalue weighted by Crippen LogP contribution is 2.15. The van der Waals surface area contributed by atoms with Crippen LogP contribution in [0.1, 0.15) is 12.8 Å². The van der Waals surface area contributed by atoms with Gasteiger partial charge in [0.2, 0.25) is 0 Å². The summed E-state index contributed by atoms with van der Waals surface area (Å²) in [7, 11) is 0. The fourth-order valence-electron chi connectivity index (χ4n) is 1.34. The number of hydrogen-bond acceptors (Lipinski definition) is 2. The number of aliphatic hydroxyl groups is 1. The number of likely N-dealkylation sites (tertiary alicyclic amines) is 1. The van der Waals surface area contributed by atoms with Gasteiger partial charge in [-0.25, -0.2) is 4.79 Å². The lowest BCUT2D eigenvalue weighted by molar-refractivity contribution is 0.142. The second kappa shape index (κ2) is 3.57. The largest absolute Gasteiger partial charge is 0.396 e. The maximum Gasteiger partial charge on any atom is 0.314 e. The Kier molecular flexibility index (Phi) is 2.70. The summed E-state index contributed by atoms with van der Waals surface area (Å²) in [6.07, 6.45) is 1.75. The number of aliphatic hydroxyl groups excluding tert-OH is 1. The second-order valence-electron chi connectivity index (χ2n) is 2.95. The van der Waals surface area contributed by atoms with Crippen molar-refractivity contribution in [2.24, 2.45) is 11.7 Å². The molecule has 4 heteroatoms. The van der Waals surface area contributed by atoms with Crippen LogP contribution in [0.25, 0.3) is 0 Å². The van der Waals surface area contributed by atoms with Gasteiger partial charge in [0.15, 0.2) is 0 Å². The summed E-state index contributed by atoms with van der Waals surface area (Å²) < 4.78 is 0. The van der Waals surface area contributed by atoms with Crippen LogP contribution in [0, 0.1) is 5.92 Å². The van der Waals surface area contributed by atoms with Crippen molar-refractivity contribution in [3.63, 3.8) is 0 Å². The van der Waals surface area contributed by atoms with Gasteiger partial charge in [-0.05, 0) is 18.8 Å². The molecular formula is C7H14N2O2. The molecule has 0 unspecified atom stereocenters. The maximum absolute atomic E-state index is 10.6. The Labute approximate surface area is 66.0 Å². The first-order valence-electron chi connectivity index (χ1n) is 3.89. The van der Waals surface area contributed by atoms with E-state index < -0.39 is 0 Å². The number of amides is 2. The van der Waals surface area contributed by atoms with Gasteiger partial charge in [0, 0.05) is 19.7 Å². The van der Waals surface area contributed by atoms with E-state index in [4.69, 9.17) is 10.8 Å². The van der Waals surface area contributed by atoms with E-state index in [2.05, 4.69) is 0 Å². The van der Waals surface area contributed by atoms with Crippen LogP contribution in [0.4, 0.5) is 4.79 Å². The quantitative estimate of drug-likeness (QED) is 0.553. The first-order chi connectivity index (χ1) is 5.24. The fraction of sp³-hybridized carbons (Fsp3) is 0.857. The van der Waals surface area contributed by atoms with Crippen LogP contribution >= 0.6 is 0 Å². The molecule has 0 saturated carbocycles. The molecule has 0 bridgehead atoms. The lowest BCUT2D eigenvalue weighted by Gasteiger charge is -2.29. The van der Waals surface area contributed by atoms with Crippen LogP contribution in [-0.4, -0.2) is 35.7 Å². The van der Waals surface area contributed by atoms with Gasteiger partial charge in [-0.3, -0.25) is 0 Å². The molecular weight excluding hydrogens is 144 g/mol. The first kappa shape index (κ1) is 8.33. The SMILES string of the molecule is NC(=O)N1CCC(CO)CC1. The van der Waals surface area contributed by atoms with Crippen molar-refractivity contribution in [1.29, 1.82) is 0 Å². The van der Waals surface area contributed by atoms with Crippen LogP contribution in [0.15, 0.2) is 0 Å². The van der Waals surface area contributed by atoms with Crippen molar-refractivity contribution < 1.29 is 9.90 Å². The van der Waals surface area contributed by atoms with Crippen LogP contribution in [0.5, 0.6) is 0 Å².